The average Bonchev–Trinajstić information content (AvgIpc) is 2.91. The van der Waals surface area contributed by atoms with Crippen molar-refractivity contribution < 1.29 is 19.4 Å². The molecule has 2 amide bonds. The summed E-state index contributed by atoms with van der Waals surface area (Å²) in [6.07, 6.45) is 21.9. The second-order valence-corrected chi connectivity index (χ2v) is 10.6. The van der Waals surface area contributed by atoms with Gasteiger partial charge in [-0.05, 0) is 25.7 Å². The standard InChI is InChI=1S/C29H58N6O5/c1-3-5-7-9-10-11-12-13-14-15-16-17-18-20-25-40-29(37)33-26(27(36)31-23-19-8-6-4-2)22-21-24-32-28(30)34-35(38)39/h26H,3-25H2,1-2H3,(H,31,36)(H,33,37)(H3,30,32,34). The van der Waals surface area contributed by atoms with Crippen LogP contribution in [0, 0.1) is 15.5 Å². The molecule has 0 rings (SSSR count). The van der Waals surface area contributed by atoms with Gasteiger partial charge in [0.1, 0.15) is 6.04 Å². The van der Waals surface area contributed by atoms with Gasteiger partial charge in [-0.1, -0.05) is 122 Å². The minimum Gasteiger partial charge on any atom is -0.450 e. The first-order valence-electron chi connectivity index (χ1n) is 15.8. The molecule has 0 bridgehead atoms. The Bertz CT molecular complexity index is 665. The number of carbonyl (C=O) groups excluding carboxylic acids is 2. The third kappa shape index (κ3) is 25.7. The molecule has 0 aromatic rings. The monoisotopic (exact) mass is 570 g/mol. The minimum atomic E-state index is -0.820. The number of rotatable bonds is 27. The SMILES string of the molecule is CCCCCCCCCCCCCCCCOC(=O)NC(CCCNC(=N)N[N+](=O)[O-])C(=O)NCCCCCC. The van der Waals surface area contributed by atoms with Gasteiger partial charge in [0.05, 0.1) is 6.61 Å². The number of nitrogens with one attached hydrogen (secondary N) is 5. The fourth-order valence-electron chi connectivity index (χ4n) is 4.45. The molecule has 5 N–H and O–H groups in total. The van der Waals surface area contributed by atoms with Crippen molar-refractivity contribution in [1.29, 1.82) is 5.41 Å². The normalized spacial score (nSPS) is 11.4. The van der Waals surface area contributed by atoms with Crippen LogP contribution in [0.5, 0.6) is 0 Å². The fourth-order valence-corrected chi connectivity index (χ4v) is 4.45. The maximum atomic E-state index is 12.7. The van der Waals surface area contributed by atoms with E-state index in [2.05, 4.69) is 29.8 Å². The molecule has 40 heavy (non-hydrogen) atoms. The maximum absolute atomic E-state index is 12.7. The molecule has 11 heteroatoms. The predicted octanol–water partition coefficient (Wildman–Crippen LogP) is 6.34. The molecule has 1 unspecified atom stereocenters. The summed E-state index contributed by atoms with van der Waals surface area (Å²) in [5.74, 6) is -0.703. The predicted molar refractivity (Wildman–Crippen MR) is 161 cm³/mol. The molecule has 0 aromatic heterocycles. The number of carbonyl (C=O) groups is 2. The van der Waals surface area contributed by atoms with Crippen LogP contribution in [0.4, 0.5) is 4.79 Å². The van der Waals surface area contributed by atoms with Crippen molar-refractivity contribution in [3.05, 3.63) is 10.1 Å². The molecule has 0 aliphatic heterocycles. The van der Waals surface area contributed by atoms with E-state index >= 15 is 0 Å². The summed E-state index contributed by atoms with van der Waals surface area (Å²) < 4.78 is 5.31. The van der Waals surface area contributed by atoms with Gasteiger partial charge in [0.2, 0.25) is 5.91 Å². The quantitative estimate of drug-likeness (QED) is 0.0253. The average molecular weight is 571 g/mol. The van der Waals surface area contributed by atoms with Gasteiger partial charge in [-0.25, -0.2) is 14.9 Å². The zero-order valence-corrected chi connectivity index (χ0v) is 25.3. The lowest BCUT2D eigenvalue weighted by Gasteiger charge is -2.18. The minimum absolute atomic E-state index is 0.246. The highest BCUT2D eigenvalue weighted by atomic mass is 16.7. The summed E-state index contributed by atoms with van der Waals surface area (Å²) in [6, 6.07) is -0.769. The Balaban J connectivity index is 4.08. The zero-order valence-electron chi connectivity index (χ0n) is 25.3. The molecule has 0 radical (unpaired) electrons. The highest BCUT2D eigenvalue weighted by Gasteiger charge is 2.21. The molecular formula is C29H58N6O5. The van der Waals surface area contributed by atoms with Gasteiger partial charge in [0, 0.05) is 13.1 Å². The summed E-state index contributed by atoms with van der Waals surface area (Å²) in [5.41, 5.74) is 1.72. The number of guanidine groups is 1. The van der Waals surface area contributed by atoms with Crippen molar-refractivity contribution in [2.75, 3.05) is 19.7 Å². The number of amides is 2. The summed E-state index contributed by atoms with van der Waals surface area (Å²) >= 11 is 0. The molecule has 0 spiro atoms. The van der Waals surface area contributed by atoms with E-state index in [1.807, 2.05) is 0 Å². The van der Waals surface area contributed by atoms with E-state index in [1.165, 1.54) is 70.6 Å². The molecule has 0 saturated heterocycles. The molecule has 234 valence electrons. The van der Waals surface area contributed by atoms with Gasteiger partial charge in [0.15, 0.2) is 5.03 Å². The van der Waals surface area contributed by atoms with E-state index in [-0.39, 0.29) is 12.5 Å². The number of alkyl carbamates (subject to hydrolysis) is 1. The first-order valence-corrected chi connectivity index (χ1v) is 15.8. The molecule has 1 atom stereocenters. The van der Waals surface area contributed by atoms with E-state index in [0.717, 1.165) is 44.9 Å². The molecule has 0 heterocycles. The Morgan fingerprint density at radius 3 is 1.73 bits per heavy atom. The second-order valence-electron chi connectivity index (χ2n) is 10.6. The van der Waals surface area contributed by atoms with E-state index < -0.39 is 23.1 Å². The van der Waals surface area contributed by atoms with Crippen LogP contribution >= 0.6 is 0 Å². The number of hydrazine groups is 1. The fraction of sp³-hybridized carbons (Fsp3) is 0.897. The number of nitrogens with zero attached hydrogens (tertiary/aromatic N) is 1. The first kappa shape index (κ1) is 37.4. The van der Waals surface area contributed by atoms with Crippen LogP contribution in [-0.2, 0) is 9.53 Å². The largest absolute Gasteiger partial charge is 0.450 e. The van der Waals surface area contributed by atoms with E-state index in [4.69, 9.17) is 10.1 Å². The van der Waals surface area contributed by atoms with Gasteiger partial charge >= 0.3 is 6.09 Å². The van der Waals surface area contributed by atoms with Crippen molar-refractivity contribution in [2.45, 2.75) is 148 Å². The lowest BCUT2D eigenvalue weighted by Crippen LogP contribution is -2.47. The lowest BCUT2D eigenvalue weighted by atomic mass is 10.0. The summed E-state index contributed by atoms with van der Waals surface area (Å²) in [6.45, 7) is 5.48. The molecule has 0 fully saturated rings. The zero-order chi connectivity index (χ0) is 29.7. The summed E-state index contributed by atoms with van der Waals surface area (Å²) in [7, 11) is 0. The van der Waals surface area contributed by atoms with Crippen LogP contribution < -0.4 is 21.4 Å². The Hall–Kier alpha value is -2.59. The Morgan fingerprint density at radius 1 is 0.725 bits per heavy atom. The van der Waals surface area contributed by atoms with Gasteiger partial charge in [-0.2, -0.15) is 0 Å². The second kappa shape index (κ2) is 28.0. The number of ether oxygens (including phenoxy) is 1. The molecule has 0 aliphatic rings. The van der Waals surface area contributed by atoms with Gasteiger partial charge in [-0.15, -0.1) is 0 Å². The third-order valence-corrected chi connectivity index (χ3v) is 6.84. The third-order valence-electron chi connectivity index (χ3n) is 6.84. The molecule has 0 aromatic carbocycles. The Morgan fingerprint density at radius 2 is 1.20 bits per heavy atom. The van der Waals surface area contributed by atoms with E-state index in [0.29, 0.717) is 26.0 Å². The van der Waals surface area contributed by atoms with Crippen molar-refractivity contribution in [1.82, 2.24) is 21.4 Å². The van der Waals surface area contributed by atoms with Crippen LogP contribution in [-0.4, -0.2) is 48.7 Å². The van der Waals surface area contributed by atoms with Crippen molar-refractivity contribution >= 4 is 18.0 Å². The smallest absolute Gasteiger partial charge is 0.407 e. The summed E-state index contributed by atoms with van der Waals surface area (Å²) in [5, 5.41) is 25.1. The van der Waals surface area contributed by atoms with Crippen LogP contribution in [0.3, 0.4) is 0 Å². The van der Waals surface area contributed by atoms with Crippen LogP contribution in [0.15, 0.2) is 0 Å². The first-order chi connectivity index (χ1) is 19.4. The molecular weight excluding hydrogens is 512 g/mol. The number of hydrogen-bond acceptors (Lipinski definition) is 6. The lowest BCUT2D eigenvalue weighted by molar-refractivity contribution is -0.525. The van der Waals surface area contributed by atoms with Gasteiger partial charge < -0.3 is 20.7 Å². The highest BCUT2D eigenvalue weighted by molar-refractivity contribution is 5.85. The van der Waals surface area contributed by atoms with Crippen LogP contribution in [0.25, 0.3) is 0 Å². The maximum Gasteiger partial charge on any atom is 0.407 e. The van der Waals surface area contributed by atoms with E-state index in [9.17, 15) is 19.7 Å². The Kier molecular flexibility index (Phi) is 26.1. The number of hydrogen-bond donors (Lipinski definition) is 5. The topological polar surface area (TPSA) is 158 Å². The molecule has 0 aliphatic carbocycles. The van der Waals surface area contributed by atoms with E-state index in [1.54, 1.807) is 5.43 Å². The van der Waals surface area contributed by atoms with Crippen molar-refractivity contribution in [3.63, 3.8) is 0 Å². The highest BCUT2D eigenvalue weighted by Crippen LogP contribution is 2.13. The van der Waals surface area contributed by atoms with Crippen LogP contribution in [0.2, 0.25) is 0 Å². The molecule has 0 saturated carbocycles. The van der Waals surface area contributed by atoms with Crippen LogP contribution in [0.1, 0.15) is 142 Å². The van der Waals surface area contributed by atoms with Crippen molar-refractivity contribution in [3.8, 4) is 0 Å². The summed E-state index contributed by atoms with van der Waals surface area (Å²) in [4.78, 5) is 35.3. The number of unbranched alkanes of at least 4 members (excludes halogenated alkanes) is 16. The molecule has 11 nitrogen and oxygen atoms in total. The number of nitro groups is 1. The van der Waals surface area contributed by atoms with Gasteiger partial charge in [0.25, 0.3) is 5.96 Å². The Labute approximate surface area is 242 Å². The van der Waals surface area contributed by atoms with Gasteiger partial charge in [-0.3, -0.25) is 10.2 Å². The van der Waals surface area contributed by atoms with Crippen molar-refractivity contribution in [2.24, 2.45) is 0 Å².